The molecule has 2 saturated carbocycles. The lowest BCUT2D eigenvalue weighted by Gasteiger charge is -2.46. The molecule has 2 N–H and O–H groups in total. The highest BCUT2D eigenvalue weighted by molar-refractivity contribution is 7.87. The molecule has 2 aliphatic carbocycles. The minimum absolute atomic E-state index is 0.0568. The molecule has 0 aromatic heterocycles. The largest absolute Gasteiger partial charge is 0.501 e. The number of benzene rings is 4. The monoisotopic (exact) mass is 706 g/mol. The summed E-state index contributed by atoms with van der Waals surface area (Å²) in [5, 5.41) is 40.1. The molecule has 14 heteroatoms. The van der Waals surface area contributed by atoms with E-state index in [1.54, 1.807) is 12.1 Å². The van der Waals surface area contributed by atoms with E-state index in [2.05, 4.69) is 23.8 Å². The zero-order valence-electron chi connectivity index (χ0n) is 27.2. The maximum atomic E-state index is 13.4. The lowest BCUT2D eigenvalue weighted by atomic mass is 9.60. The third kappa shape index (κ3) is 6.54. The van der Waals surface area contributed by atoms with Gasteiger partial charge in [0, 0.05) is 33.7 Å². The Hall–Kier alpha value is -4.34. The van der Waals surface area contributed by atoms with Crippen LogP contribution in [0.1, 0.15) is 65.2 Å². The molecular weight excluding hydrogens is 669 g/mol. The van der Waals surface area contributed by atoms with Crippen molar-refractivity contribution >= 4 is 53.2 Å². The molecule has 49 heavy (non-hydrogen) atoms. The predicted molar refractivity (Wildman–Crippen MR) is 183 cm³/mol. The Bertz CT molecular complexity index is 2070. The zero-order chi connectivity index (χ0) is 35.1. The summed E-state index contributed by atoms with van der Waals surface area (Å²) in [7, 11) is -8.30. The molecule has 6 rings (SSSR count). The SMILES string of the molecule is CC(C)(C1CCC(OS(=O)(=O)c2cccc3c(O)c([N+]#N)ccc23)CC1)C1CCC(OS(=O)(=O)c2cccc3c(O)c([N+]#N)ccc23)CC1. The molecule has 0 atom stereocenters. The Labute approximate surface area is 285 Å². The van der Waals surface area contributed by atoms with Crippen LogP contribution in [0.3, 0.4) is 0 Å². The highest BCUT2D eigenvalue weighted by atomic mass is 32.2. The van der Waals surface area contributed by atoms with Crippen molar-refractivity contribution in [3.8, 4) is 11.5 Å². The quantitative estimate of drug-likeness (QED) is 0.133. The van der Waals surface area contributed by atoms with E-state index in [4.69, 9.17) is 19.2 Å². The van der Waals surface area contributed by atoms with Crippen LogP contribution in [0.2, 0.25) is 0 Å². The number of hydrogen-bond acceptors (Lipinski definition) is 10. The third-order valence-electron chi connectivity index (χ3n) is 10.7. The van der Waals surface area contributed by atoms with Gasteiger partial charge in [-0.05, 0) is 92.9 Å². The molecule has 4 aromatic rings. The smallest absolute Gasteiger partial charge is 0.426 e. The summed E-state index contributed by atoms with van der Waals surface area (Å²) in [5.74, 6) is 0.0244. The number of aromatic hydroxyl groups is 2. The van der Waals surface area contributed by atoms with Crippen LogP contribution in [0.25, 0.3) is 31.5 Å². The van der Waals surface area contributed by atoms with E-state index in [0.29, 0.717) is 37.5 Å². The molecular formula is C35H38N4O8S2+2. The first-order valence-electron chi connectivity index (χ1n) is 16.3. The van der Waals surface area contributed by atoms with Gasteiger partial charge < -0.3 is 10.2 Å². The first-order chi connectivity index (χ1) is 23.3. The Morgan fingerprint density at radius 3 is 1.31 bits per heavy atom. The fraction of sp³-hybridized carbons (Fsp3) is 0.429. The minimum atomic E-state index is -4.15. The van der Waals surface area contributed by atoms with Gasteiger partial charge in [0.25, 0.3) is 20.2 Å². The predicted octanol–water partition coefficient (Wildman–Crippen LogP) is 8.63. The molecule has 12 nitrogen and oxygen atoms in total. The van der Waals surface area contributed by atoms with Crippen molar-refractivity contribution in [1.29, 1.82) is 10.8 Å². The van der Waals surface area contributed by atoms with E-state index < -0.39 is 32.4 Å². The maximum absolute atomic E-state index is 13.4. The van der Waals surface area contributed by atoms with Crippen LogP contribution in [0.4, 0.5) is 11.4 Å². The second-order valence-corrected chi connectivity index (χ2v) is 16.7. The lowest BCUT2D eigenvalue weighted by Crippen LogP contribution is -2.39. The van der Waals surface area contributed by atoms with Gasteiger partial charge in [-0.25, -0.2) is 0 Å². The van der Waals surface area contributed by atoms with Crippen LogP contribution >= 0.6 is 0 Å². The van der Waals surface area contributed by atoms with Crippen molar-refractivity contribution in [2.75, 3.05) is 0 Å². The van der Waals surface area contributed by atoms with E-state index in [1.165, 1.54) is 48.5 Å². The third-order valence-corrected chi connectivity index (χ3v) is 13.5. The molecule has 0 bridgehead atoms. The molecule has 0 spiro atoms. The van der Waals surface area contributed by atoms with Gasteiger partial charge in [-0.2, -0.15) is 16.8 Å². The summed E-state index contributed by atoms with van der Waals surface area (Å²) < 4.78 is 65.0. The molecule has 2 fully saturated rings. The summed E-state index contributed by atoms with van der Waals surface area (Å²) in [5.41, 5.74) is -0.194. The average Bonchev–Trinajstić information content (AvgIpc) is 3.08. The van der Waals surface area contributed by atoms with Gasteiger partial charge in [0.15, 0.2) is 9.95 Å². The van der Waals surface area contributed by atoms with Crippen molar-refractivity contribution < 1.29 is 35.4 Å². The van der Waals surface area contributed by atoms with Gasteiger partial charge in [0.2, 0.25) is 22.3 Å². The average molecular weight is 707 g/mol. The van der Waals surface area contributed by atoms with Crippen LogP contribution in [-0.4, -0.2) is 39.3 Å². The van der Waals surface area contributed by atoms with Crippen LogP contribution in [0, 0.1) is 28.0 Å². The van der Waals surface area contributed by atoms with Crippen LogP contribution in [0.15, 0.2) is 70.5 Å². The van der Waals surface area contributed by atoms with Crippen molar-refractivity contribution in [2.45, 2.75) is 87.2 Å². The van der Waals surface area contributed by atoms with Gasteiger partial charge in [-0.3, -0.25) is 8.37 Å². The van der Waals surface area contributed by atoms with Gasteiger partial charge in [0.05, 0.1) is 12.2 Å². The lowest BCUT2D eigenvalue weighted by molar-refractivity contribution is 0.0134. The topological polar surface area (TPSA) is 184 Å². The summed E-state index contributed by atoms with van der Waals surface area (Å²) in [4.78, 5) is 5.96. The van der Waals surface area contributed by atoms with Crippen molar-refractivity contribution in [3.63, 3.8) is 0 Å². The van der Waals surface area contributed by atoms with Gasteiger partial charge in [-0.15, -0.1) is 0 Å². The van der Waals surface area contributed by atoms with Gasteiger partial charge >= 0.3 is 11.4 Å². The summed E-state index contributed by atoms with van der Waals surface area (Å²) in [6.07, 6.45) is 4.46. The minimum Gasteiger partial charge on any atom is -0.501 e. The molecule has 0 aliphatic heterocycles. The molecule has 0 amide bonds. The number of phenolic OH excluding ortho intramolecular Hbond substituents is 2. The molecule has 0 unspecified atom stereocenters. The van der Waals surface area contributed by atoms with Crippen molar-refractivity contribution in [2.24, 2.45) is 17.3 Å². The molecule has 4 aromatic carbocycles. The van der Waals surface area contributed by atoms with Crippen LogP contribution in [-0.2, 0) is 28.6 Å². The fourth-order valence-corrected chi connectivity index (χ4v) is 10.5. The highest BCUT2D eigenvalue weighted by Crippen LogP contribution is 2.50. The van der Waals surface area contributed by atoms with Crippen molar-refractivity contribution in [3.05, 3.63) is 70.6 Å². The second kappa shape index (κ2) is 13.2. The van der Waals surface area contributed by atoms with Crippen LogP contribution < -0.4 is 0 Å². The van der Waals surface area contributed by atoms with E-state index in [1.807, 2.05) is 0 Å². The number of nitrogens with zero attached hydrogens (tertiary/aromatic N) is 4. The van der Waals surface area contributed by atoms with Gasteiger partial charge in [-0.1, -0.05) is 38.1 Å². The summed E-state index contributed by atoms with van der Waals surface area (Å²) in [6.45, 7) is 4.48. The van der Waals surface area contributed by atoms with E-state index in [9.17, 15) is 27.0 Å². The zero-order valence-corrected chi connectivity index (χ0v) is 28.8. The number of phenols is 2. The molecule has 0 radical (unpaired) electrons. The number of fused-ring (bicyclic) bond motifs is 2. The first kappa shape index (κ1) is 34.5. The van der Waals surface area contributed by atoms with Crippen LogP contribution in [0.5, 0.6) is 11.5 Å². The fourth-order valence-electron chi connectivity index (χ4n) is 7.80. The number of hydrogen-bond donors (Lipinski definition) is 2. The van der Waals surface area contributed by atoms with Crippen molar-refractivity contribution in [1.82, 2.24) is 0 Å². The van der Waals surface area contributed by atoms with E-state index in [-0.39, 0.29) is 59.6 Å². The van der Waals surface area contributed by atoms with E-state index >= 15 is 0 Å². The van der Waals surface area contributed by atoms with E-state index in [0.717, 1.165) is 25.7 Å². The van der Waals surface area contributed by atoms with Gasteiger partial charge in [0.1, 0.15) is 9.79 Å². The summed E-state index contributed by atoms with van der Waals surface area (Å²) in [6, 6.07) is 14.6. The number of rotatable bonds is 8. The standard InChI is InChI=1S/C35H36N4O8S2/c1-35(2,21-9-13-23(14-10-21)46-48(42,43)31-7-3-5-27-25(31)17-19-29(38-36)33(27)40)22-11-15-24(16-12-22)47-49(44,45)32-8-4-6-28-26(32)18-20-30(39-37)34(28)41/h3-8,17-24H,9-16H2,1-2H3/p+2. The summed E-state index contributed by atoms with van der Waals surface area (Å²) >= 11 is 0. The Kier molecular flexibility index (Phi) is 9.28. The highest BCUT2D eigenvalue weighted by Gasteiger charge is 2.42. The molecule has 0 heterocycles. The Morgan fingerprint density at radius 1 is 0.592 bits per heavy atom. The second-order valence-electron chi connectivity index (χ2n) is 13.6. The molecule has 0 saturated heterocycles. The molecule has 2 aliphatic rings. The maximum Gasteiger partial charge on any atom is 0.426 e. The normalized spacial score (nSPS) is 22.0. The number of diazo groups is 2. The molecule has 256 valence electrons. The Morgan fingerprint density at radius 2 is 0.959 bits per heavy atom. The Balaban J connectivity index is 1.06. The first-order valence-corrected chi connectivity index (χ1v) is 19.1.